The Morgan fingerprint density at radius 2 is 1.89 bits per heavy atom. The molecule has 2 aliphatic rings. The van der Waals surface area contributed by atoms with E-state index in [1.807, 2.05) is 4.90 Å². The second-order valence-corrected chi connectivity index (χ2v) is 5.51. The summed E-state index contributed by atoms with van der Waals surface area (Å²) >= 11 is 0. The van der Waals surface area contributed by atoms with Gasteiger partial charge in [0.05, 0.1) is 0 Å². The summed E-state index contributed by atoms with van der Waals surface area (Å²) in [6.07, 6.45) is 6.45. The highest BCUT2D eigenvalue weighted by Crippen LogP contribution is 2.39. The molecule has 0 radical (unpaired) electrons. The van der Waals surface area contributed by atoms with Gasteiger partial charge in [0.15, 0.2) is 0 Å². The molecule has 0 aliphatic carbocycles. The van der Waals surface area contributed by atoms with E-state index in [4.69, 9.17) is 0 Å². The zero-order valence-corrected chi connectivity index (χ0v) is 11.8. The van der Waals surface area contributed by atoms with Crippen LogP contribution in [0.2, 0.25) is 0 Å². The smallest absolute Gasteiger partial charge is 0.271 e. The van der Waals surface area contributed by atoms with E-state index < -0.39 is 0 Å². The summed E-state index contributed by atoms with van der Waals surface area (Å²) in [5, 5.41) is 10.0. The van der Waals surface area contributed by atoms with Crippen LogP contribution in [0.5, 0.6) is 0 Å². The standard InChI is InChI=1S/C13H20N4O.ClH/c18-12(11-1-6-15-16-11)17-9-4-13(5-10-17)2-7-14-8-3-13;/h1,6,14H,2-5,7-10H2,(H,15,16);1H. The Morgan fingerprint density at radius 3 is 2.47 bits per heavy atom. The average molecular weight is 285 g/mol. The van der Waals surface area contributed by atoms with Crippen LogP contribution in [0.15, 0.2) is 12.3 Å². The third-order valence-corrected chi connectivity index (χ3v) is 4.51. The fourth-order valence-corrected chi connectivity index (χ4v) is 3.19. The maximum atomic E-state index is 12.2. The molecule has 2 aliphatic heterocycles. The normalized spacial score (nSPS) is 22.0. The minimum Gasteiger partial charge on any atom is -0.337 e. The van der Waals surface area contributed by atoms with E-state index in [1.54, 1.807) is 12.3 Å². The van der Waals surface area contributed by atoms with Crippen molar-refractivity contribution in [1.82, 2.24) is 20.4 Å². The largest absolute Gasteiger partial charge is 0.337 e. The van der Waals surface area contributed by atoms with Gasteiger partial charge in [0.25, 0.3) is 5.91 Å². The molecule has 5 nitrogen and oxygen atoms in total. The molecule has 19 heavy (non-hydrogen) atoms. The van der Waals surface area contributed by atoms with E-state index in [0.717, 1.165) is 39.0 Å². The van der Waals surface area contributed by atoms with Crippen LogP contribution in [0.3, 0.4) is 0 Å². The third-order valence-electron chi connectivity index (χ3n) is 4.51. The van der Waals surface area contributed by atoms with Crippen molar-refractivity contribution in [1.29, 1.82) is 0 Å². The van der Waals surface area contributed by atoms with Crippen LogP contribution < -0.4 is 5.32 Å². The van der Waals surface area contributed by atoms with Crippen LogP contribution in [-0.4, -0.2) is 47.2 Å². The van der Waals surface area contributed by atoms with E-state index in [2.05, 4.69) is 15.5 Å². The molecule has 2 N–H and O–H groups in total. The van der Waals surface area contributed by atoms with E-state index in [0.29, 0.717) is 11.1 Å². The van der Waals surface area contributed by atoms with Crippen LogP contribution in [0.4, 0.5) is 0 Å². The van der Waals surface area contributed by atoms with Gasteiger partial charge in [-0.3, -0.25) is 9.89 Å². The number of likely N-dealkylation sites (tertiary alicyclic amines) is 1. The summed E-state index contributed by atoms with van der Waals surface area (Å²) in [4.78, 5) is 14.1. The van der Waals surface area contributed by atoms with Crippen molar-refractivity contribution in [3.8, 4) is 0 Å². The van der Waals surface area contributed by atoms with Gasteiger partial charge in [-0.1, -0.05) is 0 Å². The Balaban J connectivity index is 0.00000133. The molecule has 3 rings (SSSR count). The number of halogens is 1. The average Bonchev–Trinajstić information content (AvgIpc) is 2.94. The highest BCUT2D eigenvalue weighted by molar-refractivity contribution is 5.92. The number of nitrogens with zero attached hydrogens (tertiary/aromatic N) is 2. The highest BCUT2D eigenvalue weighted by atomic mass is 35.5. The maximum Gasteiger partial charge on any atom is 0.271 e. The summed E-state index contributed by atoms with van der Waals surface area (Å²) in [6.45, 7) is 4.04. The number of H-pyrrole nitrogens is 1. The zero-order chi connectivity index (χ0) is 12.4. The number of carbonyl (C=O) groups is 1. The van der Waals surface area contributed by atoms with Gasteiger partial charge >= 0.3 is 0 Å². The molecular weight excluding hydrogens is 264 g/mol. The van der Waals surface area contributed by atoms with Gasteiger partial charge in [0, 0.05) is 19.3 Å². The second-order valence-electron chi connectivity index (χ2n) is 5.51. The molecule has 1 amide bonds. The molecule has 0 saturated carbocycles. The monoisotopic (exact) mass is 284 g/mol. The van der Waals surface area contributed by atoms with Crippen molar-refractivity contribution in [2.24, 2.45) is 5.41 Å². The van der Waals surface area contributed by atoms with E-state index in [-0.39, 0.29) is 18.3 Å². The first-order chi connectivity index (χ1) is 8.79. The van der Waals surface area contributed by atoms with Gasteiger partial charge < -0.3 is 10.2 Å². The number of aromatic amines is 1. The van der Waals surface area contributed by atoms with Gasteiger partial charge in [-0.15, -0.1) is 12.4 Å². The Kier molecular flexibility index (Phi) is 4.47. The fraction of sp³-hybridized carbons (Fsp3) is 0.692. The van der Waals surface area contributed by atoms with Crippen LogP contribution >= 0.6 is 12.4 Å². The number of nitrogens with one attached hydrogen (secondary N) is 2. The number of hydrogen-bond donors (Lipinski definition) is 2. The first-order valence-corrected chi connectivity index (χ1v) is 6.79. The Morgan fingerprint density at radius 1 is 1.21 bits per heavy atom. The topological polar surface area (TPSA) is 61.0 Å². The van der Waals surface area contributed by atoms with Crippen LogP contribution in [-0.2, 0) is 0 Å². The SMILES string of the molecule is Cl.O=C(c1ccn[nH]1)N1CCC2(CCNCC2)CC1. The van der Waals surface area contributed by atoms with E-state index in [9.17, 15) is 4.79 Å². The van der Waals surface area contributed by atoms with Crippen molar-refractivity contribution >= 4 is 18.3 Å². The number of amides is 1. The van der Waals surface area contributed by atoms with E-state index >= 15 is 0 Å². The Labute approximate surface area is 119 Å². The lowest BCUT2D eigenvalue weighted by Gasteiger charge is -2.44. The number of piperidine rings is 2. The zero-order valence-electron chi connectivity index (χ0n) is 11.0. The lowest BCUT2D eigenvalue weighted by Crippen LogP contribution is -2.47. The molecule has 0 aromatic carbocycles. The van der Waals surface area contributed by atoms with Crippen LogP contribution in [0.25, 0.3) is 0 Å². The lowest BCUT2D eigenvalue weighted by atomic mass is 9.71. The number of aromatic nitrogens is 2. The minimum absolute atomic E-state index is 0. The summed E-state index contributed by atoms with van der Waals surface area (Å²) in [5.41, 5.74) is 1.10. The van der Waals surface area contributed by atoms with Crippen molar-refractivity contribution < 1.29 is 4.79 Å². The van der Waals surface area contributed by atoms with Crippen LogP contribution in [0, 0.1) is 5.41 Å². The number of carbonyl (C=O) groups excluding carboxylic acids is 1. The number of hydrogen-bond acceptors (Lipinski definition) is 3. The minimum atomic E-state index is 0. The maximum absolute atomic E-state index is 12.2. The van der Waals surface area contributed by atoms with Gasteiger partial charge in [-0.2, -0.15) is 5.10 Å². The predicted molar refractivity (Wildman–Crippen MR) is 75.5 cm³/mol. The first kappa shape index (κ1) is 14.3. The predicted octanol–water partition coefficient (Wildman–Crippen LogP) is 1.44. The van der Waals surface area contributed by atoms with Gasteiger partial charge in [0.1, 0.15) is 5.69 Å². The highest BCUT2D eigenvalue weighted by Gasteiger charge is 2.36. The molecule has 106 valence electrons. The summed E-state index contributed by atoms with van der Waals surface area (Å²) in [6, 6.07) is 1.75. The quantitative estimate of drug-likeness (QED) is 0.820. The molecule has 1 aromatic rings. The summed E-state index contributed by atoms with van der Waals surface area (Å²) in [7, 11) is 0. The van der Waals surface area contributed by atoms with Gasteiger partial charge in [-0.05, 0) is 50.3 Å². The molecule has 0 atom stereocenters. The first-order valence-electron chi connectivity index (χ1n) is 6.79. The third kappa shape index (κ3) is 2.92. The summed E-state index contributed by atoms with van der Waals surface area (Å²) in [5.74, 6) is 0.0938. The van der Waals surface area contributed by atoms with Crippen molar-refractivity contribution in [3.63, 3.8) is 0 Å². The van der Waals surface area contributed by atoms with E-state index in [1.165, 1.54) is 12.8 Å². The van der Waals surface area contributed by atoms with Gasteiger partial charge in [0.2, 0.25) is 0 Å². The molecule has 0 unspecified atom stereocenters. The fourth-order valence-electron chi connectivity index (χ4n) is 3.19. The van der Waals surface area contributed by atoms with Crippen LogP contribution in [0.1, 0.15) is 36.2 Å². The molecule has 3 heterocycles. The van der Waals surface area contributed by atoms with Crippen molar-refractivity contribution in [2.75, 3.05) is 26.2 Å². The second kappa shape index (κ2) is 5.92. The molecule has 1 spiro atoms. The number of rotatable bonds is 1. The molecule has 2 saturated heterocycles. The molecular formula is C13H21ClN4O. The Hall–Kier alpha value is -1.07. The Bertz CT molecular complexity index is 404. The van der Waals surface area contributed by atoms with Crippen molar-refractivity contribution in [2.45, 2.75) is 25.7 Å². The molecule has 2 fully saturated rings. The van der Waals surface area contributed by atoms with Gasteiger partial charge in [-0.25, -0.2) is 0 Å². The summed E-state index contributed by atoms with van der Waals surface area (Å²) < 4.78 is 0. The molecule has 1 aromatic heterocycles. The van der Waals surface area contributed by atoms with Crippen molar-refractivity contribution in [3.05, 3.63) is 18.0 Å². The molecule has 0 bridgehead atoms. The molecule has 6 heteroatoms. The lowest BCUT2D eigenvalue weighted by molar-refractivity contribution is 0.0491.